The molecule has 3 aromatic rings. The predicted octanol–water partition coefficient (Wildman–Crippen LogP) is 4.24. The van der Waals surface area contributed by atoms with Gasteiger partial charge in [-0.25, -0.2) is 0 Å². The van der Waals surface area contributed by atoms with E-state index >= 15 is 0 Å². The van der Waals surface area contributed by atoms with Crippen molar-refractivity contribution < 1.29 is 14.7 Å². The van der Waals surface area contributed by atoms with E-state index in [0.29, 0.717) is 24.9 Å². The van der Waals surface area contributed by atoms with E-state index in [2.05, 4.69) is 12.1 Å². The Hall–Kier alpha value is -3.34. The van der Waals surface area contributed by atoms with Crippen LogP contribution in [0, 0.1) is 0 Å². The van der Waals surface area contributed by atoms with Gasteiger partial charge in [-0.15, -0.1) is 0 Å². The lowest BCUT2D eigenvalue weighted by atomic mass is 10.0. The minimum Gasteiger partial charge on any atom is -0.506 e. The molecule has 2 amide bonds. The summed E-state index contributed by atoms with van der Waals surface area (Å²) in [5.41, 5.74) is 1.51. The van der Waals surface area contributed by atoms with Gasteiger partial charge in [0.05, 0.1) is 5.56 Å². The van der Waals surface area contributed by atoms with E-state index in [1.54, 1.807) is 21.9 Å². The van der Waals surface area contributed by atoms with Crippen LogP contribution < -0.4 is 0 Å². The molecule has 1 aliphatic heterocycles. The van der Waals surface area contributed by atoms with Crippen molar-refractivity contribution in [2.75, 3.05) is 20.1 Å². The van der Waals surface area contributed by atoms with Crippen molar-refractivity contribution in [2.24, 2.45) is 0 Å². The van der Waals surface area contributed by atoms with Gasteiger partial charge in [0.25, 0.3) is 5.91 Å². The molecule has 0 bridgehead atoms. The molecule has 31 heavy (non-hydrogen) atoms. The monoisotopic (exact) mass is 416 g/mol. The molecule has 1 fully saturated rings. The summed E-state index contributed by atoms with van der Waals surface area (Å²) in [4.78, 5) is 29.7. The van der Waals surface area contributed by atoms with Gasteiger partial charge in [0.15, 0.2) is 0 Å². The summed E-state index contributed by atoms with van der Waals surface area (Å²) in [6.07, 6.45) is 3.23. The van der Waals surface area contributed by atoms with E-state index in [1.165, 1.54) is 5.56 Å². The molecule has 4 rings (SSSR count). The van der Waals surface area contributed by atoms with Crippen molar-refractivity contribution in [2.45, 2.75) is 31.7 Å². The molecule has 1 heterocycles. The molecule has 1 atom stereocenters. The molecule has 1 aliphatic rings. The minimum atomic E-state index is -0.472. The number of fused-ring (bicyclic) bond motifs is 1. The molecule has 3 aromatic carbocycles. The van der Waals surface area contributed by atoms with E-state index in [0.717, 1.165) is 24.6 Å². The Balaban J connectivity index is 1.44. The van der Waals surface area contributed by atoms with Crippen LogP contribution in [-0.2, 0) is 11.2 Å². The normalized spacial score (nSPS) is 15.9. The van der Waals surface area contributed by atoms with Crippen LogP contribution in [-0.4, -0.2) is 52.9 Å². The molecular formula is C26H28N2O3. The second kappa shape index (κ2) is 9.21. The topological polar surface area (TPSA) is 60.9 Å². The first kappa shape index (κ1) is 20.9. The average molecular weight is 417 g/mol. The fourth-order valence-electron chi connectivity index (χ4n) is 4.38. The third-order valence-electron chi connectivity index (χ3n) is 6.11. The zero-order chi connectivity index (χ0) is 21.8. The molecule has 1 unspecified atom stereocenters. The number of hydrogen-bond acceptors (Lipinski definition) is 3. The lowest BCUT2D eigenvalue weighted by Gasteiger charge is -2.28. The first-order chi connectivity index (χ1) is 15.1. The maximum absolute atomic E-state index is 13.2. The van der Waals surface area contributed by atoms with E-state index in [-0.39, 0.29) is 23.1 Å². The van der Waals surface area contributed by atoms with Crippen LogP contribution in [0.25, 0.3) is 10.8 Å². The fourth-order valence-corrected chi connectivity index (χ4v) is 4.38. The van der Waals surface area contributed by atoms with Crippen LogP contribution in [0.4, 0.5) is 0 Å². The van der Waals surface area contributed by atoms with Gasteiger partial charge >= 0.3 is 0 Å². The molecule has 0 spiro atoms. The number of hydrogen-bond donors (Lipinski definition) is 1. The van der Waals surface area contributed by atoms with Crippen molar-refractivity contribution >= 4 is 22.6 Å². The smallest absolute Gasteiger partial charge is 0.258 e. The lowest BCUT2D eigenvalue weighted by molar-refractivity contribution is -0.134. The number of carbonyl (C=O) groups is 2. The molecule has 0 saturated carbocycles. The maximum Gasteiger partial charge on any atom is 0.258 e. The predicted molar refractivity (Wildman–Crippen MR) is 122 cm³/mol. The number of benzene rings is 3. The lowest BCUT2D eigenvalue weighted by Crippen LogP contribution is -2.46. The maximum atomic E-state index is 13.2. The van der Waals surface area contributed by atoms with Crippen molar-refractivity contribution in [3.8, 4) is 5.75 Å². The minimum absolute atomic E-state index is 0.0163. The Bertz CT molecular complexity index is 1080. The van der Waals surface area contributed by atoms with Gasteiger partial charge in [0.1, 0.15) is 11.8 Å². The van der Waals surface area contributed by atoms with Crippen molar-refractivity contribution in [3.05, 3.63) is 77.9 Å². The molecule has 160 valence electrons. The van der Waals surface area contributed by atoms with Crippen LogP contribution in [0.15, 0.2) is 66.7 Å². The fraction of sp³-hybridized carbons (Fsp3) is 0.308. The van der Waals surface area contributed by atoms with E-state index in [4.69, 9.17) is 0 Å². The SMILES string of the molecule is CN(CCCc1ccccc1)C(=O)C1CCCN1C(=O)c1ccc2ccccc2c1O. The standard InChI is InChI=1S/C26H28N2O3/c1-27(17-7-11-19-9-3-2-4-10-19)26(31)23-14-8-18-28(23)25(30)22-16-15-20-12-5-6-13-21(20)24(22)29/h2-6,9-10,12-13,15-16,23,29H,7-8,11,14,17-18H2,1H3. The van der Waals surface area contributed by atoms with Crippen molar-refractivity contribution in [3.63, 3.8) is 0 Å². The Labute approximate surface area is 182 Å². The highest BCUT2D eigenvalue weighted by Gasteiger charge is 2.36. The van der Waals surface area contributed by atoms with Crippen LogP contribution in [0.1, 0.15) is 35.2 Å². The number of phenols is 1. The summed E-state index contributed by atoms with van der Waals surface area (Å²) in [7, 11) is 1.81. The summed E-state index contributed by atoms with van der Waals surface area (Å²) in [5, 5.41) is 12.2. The average Bonchev–Trinajstić information content (AvgIpc) is 3.29. The van der Waals surface area contributed by atoms with Crippen LogP contribution >= 0.6 is 0 Å². The molecule has 5 nitrogen and oxygen atoms in total. The Morgan fingerprint density at radius 1 is 1.03 bits per heavy atom. The molecule has 1 N–H and O–H groups in total. The third kappa shape index (κ3) is 4.41. The quantitative estimate of drug-likeness (QED) is 0.654. The summed E-state index contributed by atoms with van der Waals surface area (Å²) < 4.78 is 0. The van der Waals surface area contributed by atoms with Crippen LogP contribution in [0.2, 0.25) is 0 Å². The summed E-state index contributed by atoms with van der Waals surface area (Å²) in [6.45, 7) is 1.17. The van der Waals surface area contributed by atoms with E-state index in [1.807, 2.05) is 49.5 Å². The van der Waals surface area contributed by atoms with Crippen LogP contribution in [0.5, 0.6) is 5.75 Å². The number of likely N-dealkylation sites (tertiary alicyclic amines) is 1. The first-order valence-electron chi connectivity index (χ1n) is 10.9. The van der Waals surface area contributed by atoms with Gasteiger partial charge in [-0.3, -0.25) is 9.59 Å². The highest BCUT2D eigenvalue weighted by Crippen LogP contribution is 2.31. The highest BCUT2D eigenvalue weighted by atomic mass is 16.3. The second-order valence-electron chi connectivity index (χ2n) is 8.19. The second-order valence-corrected chi connectivity index (χ2v) is 8.19. The summed E-state index contributed by atoms with van der Waals surface area (Å²) >= 11 is 0. The number of aromatic hydroxyl groups is 1. The number of amides is 2. The molecule has 0 aromatic heterocycles. The number of aryl methyl sites for hydroxylation is 1. The number of carbonyl (C=O) groups excluding carboxylic acids is 2. The van der Waals surface area contributed by atoms with E-state index < -0.39 is 6.04 Å². The molecular weight excluding hydrogens is 388 g/mol. The molecule has 1 saturated heterocycles. The summed E-state index contributed by atoms with van der Waals surface area (Å²) in [6, 6.07) is 20.7. The van der Waals surface area contributed by atoms with Gasteiger partial charge in [-0.05, 0) is 42.7 Å². The Morgan fingerprint density at radius 2 is 1.77 bits per heavy atom. The zero-order valence-corrected chi connectivity index (χ0v) is 17.8. The van der Waals surface area contributed by atoms with Crippen molar-refractivity contribution in [1.29, 1.82) is 0 Å². The number of phenolic OH excluding ortho intramolecular Hbond substituents is 1. The van der Waals surface area contributed by atoms with Gasteiger partial charge < -0.3 is 14.9 Å². The molecule has 0 aliphatic carbocycles. The number of nitrogens with zero attached hydrogens (tertiary/aromatic N) is 2. The zero-order valence-electron chi connectivity index (χ0n) is 17.8. The van der Waals surface area contributed by atoms with Crippen molar-refractivity contribution in [1.82, 2.24) is 9.80 Å². The number of rotatable bonds is 6. The van der Waals surface area contributed by atoms with Gasteiger partial charge in [-0.2, -0.15) is 0 Å². The highest BCUT2D eigenvalue weighted by molar-refractivity contribution is 6.05. The summed E-state index contributed by atoms with van der Waals surface area (Å²) in [5.74, 6) is -0.326. The van der Waals surface area contributed by atoms with Gasteiger partial charge in [0.2, 0.25) is 5.91 Å². The molecule has 0 radical (unpaired) electrons. The van der Waals surface area contributed by atoms with Crippen LogP contribution in [0.3, 0.4) is 0 Å². The first-order valence-corrected chi connectivity index (χ1v) is 10.9. The molecule has 5 heteroatoms. The third-order valence-corrected chi connectivity index (χ3v) is 6.11. The van der Waals surface area contributed by atoms with Gasteiger partial charge in [-0.1, -0.05) is 60.7 Å². The largest absolute Gasteiger partial charge is 0.506 e. The number of likely N-dealkylation sites (N-methyl/N-ethyl adjacent to an activating group) is 1. The van der Waals surface area contributed by atoms with Gasteiger partial charge in [0, 0.05) is 25.5 Å². The van der Waals surface area contributed by atoms with E-state index in [9.17, 15) is 14.7 Å². The Kier molecular flexibility index (Phi) is 6.21. The Morgan fingerprint density at radius 3 is 2.58 bits per heavy atom.